The van der Waals surface area contributed by atoms with Gasteiger partial charge >= 0.3 is 0 Å². The monoisotopic (exact) mass is 328 g/mol. The number of ketones is 1. The van der Waals surface area contributed by atoms with Crippen molar-refractivity contribution in [2.75, 3.05) is 7.11 Å². The van der Waals surface area contributed by atoms with Crippen molar-refractivity contribution in [3.8, 4) is 16.2 Å². The summed E-state index contributed by atoms with van der Waals surface area (Å²) in [5.41, 5.74) is 1.61. The zero-order valence-corrected chi connectivity index (χ0v) is 13.7. The quantitative estimate of drug-likeness (QED) is 0.722. The van der Waals surface area contributed by atoms with E-state index in [0.717, 1.165) is 16.2 Å². The Hall–Kier alpha value is -2.47. The van der Waals surface area contributed by atoms with Crippen molar-refractivity contribution in [2.45, 2.75) is 19.9 Å². The first kappa shape index (κ1) is 15.4. The minimum atomic E-state index is -0.0963. The van der Waals surface area contributed by atoms with Crippen LogP contribution in [-0.2, 0) is 11.3 Å². The van der Waals surface area contributed by atoms with Gasteiger partial charge in [0.2, 0.25) is 0 Å². The predicted molar refractivity (Wildman–Crippen MR) is 91.2 cm³/mol. The van der Waals surface area contributed by atoms with Crippen LogP contribution in [0, 0.1) is 0 Å². The predicted octanol–water partition coefficient (Wildman–Crippen LogP) is 3.11. The van der Waals surface area contributed by atoms with Gasteiger partial charge in [-0.2, -0.15) is 0 Å². The number of methoxy groups -OCH3 is 1. The van der Waals surface area contributed by atoms with Crippen molar-refractivity contribution in [3.05, 3.63) is 47.0 Å². The summed E-state index contributed by atoms with van der Waals surface area (Å²) in [6, 6.07) is 9.60. The number of benzene rings is 1. The molecule has 0 aliphatic rings. The Labute approximate surface area is 137 Å². The van der Waals surface area contributed by atoms with Gasteiger partial charge in [0.25, 0.3) is 5.56 Å². The van der Waals surface area contributed by atoms with E-state index in [-0.39, 0.29) is 11.3 Å². The molecule has 0 radical (unpaired) electrons. The van der Waals surface area contributed by atoms with Crippen LogP contribution in [0.1, 0.15) is 13.3 Å². The molecule has 118 valence electrons. The second-order valence-electron chi connectivity index (χ2n) is 5.25. The summed E-state index contributed by atoms with van der Waals surface area (Å²) in [5, 5.41) is 0. The van der Waals surface area contributed by atoms with Crippen molar-refractivity contribution in [1.29, 1.82) is 0 Å². The maximum atomic E-state index is 12.5. The van der Waals surface area contributed by atoms with Crippen LogP contribution >= 0.6 is 11.3 Å². The van der Waals surface area contributed by atoms with Gasteiger partial charge in [-0.05, 0) is 42.8 Å². The number of thiophene rings is 1. The van der Waals surface area contributed by atoms with Crippen molar-refractivity contribution in [2.24, 2.45) is 0 Å². The Balaban J connectivity index is 1.99. The molecule has 1 aromatic carbocycles. The molecule has 0 amide bonds. The Kier molecular flexibility index (Phi) is 4.25. The number of aryl methyl sites for hydroxylation is 1. The fourth-order valence-corrected chi connectivity index (χ4v) is 3.35. The summed E-state index contributed by atoms with van der Waals surface area (Å²) in [7, 11) is 1.63. The van der Waals surface area contributed by atoms with E-state index >= 15 is 0 Å². The van der Waals surface area contributed by atoms with E-state index < -0.39 is 0 Å². The first-order chi connectivity index (χ1) is 11.1. The average Bonchev–Trinajstić information content (AvgIpc) is 2.99. The summed E-state index contributed by atoms with van der Waals surface area (Å²) in [4.78, 5) is 28.9. The molecule has 0 saturated carbocycles. The Morgan fingerprint density at radius 1 is 1.30 bits per heavy atom. The maximum absolute atomic E-state index is 12.5. The molecule has 5 nitrogen and oxygen atoms in total. The summed E-state index contributed by atoms with van der Waals surface area (Å²) in [6.45, 7) is 1.89. The molecule has 2 aromatic heterocycles. The van der Waals surface area contributed by atoms with Gasteiger partial charge in [-0.3, -0.25) is 14.2 Å². The second-order valence-corrected chi connectivity index (χ2v) is 6.30. The zero-order chi connectivity index (χ0) is 16.4. The van der Waals surface area contributed by atoms with E-state index in [1.807, 2.05) is 30.3 Å². The molecule has 0 saturated heterocycles. The minimum Gasteiger partial charge on any atom is -0.497 e. The molecule has 0 N–H and O–H groups in total. The molecule has 3 rings (SSSR count). The third kappa shape index (κ3) is 3.17. The molecular formula is C17H16N2O3S. The molecule has 23 heavy (non-hydrogen) atoms. The lowest BCUT2D eigenvalue weighted by atomic mass is 10.2. The highest BCUT2D eigenvalue weighted by Gasteiger charge is 2.11. The van der Waals surface area contributed by atoms with Gasteiger partial charge in [-0.1, -0.05) is 0 Å². The summed E-state index contributed by atoms with van der Waals surface area (Å²) in [5.74, 6) is 0.849. The van der Waals surface area contributed by atoms with Crippen LogP contribution in [0.25, 0.3) is 20.7 Å². The normalized spacial score (nSPS) is 10.9. The van der Waals surface area contributed by atoms with Gasteiger partial charge in [0.1, 0.15) is 16.2 Å². The van der Waals surface area contributed by atoms with Crippen molar-refractivity contribution < 1.29 is 9.53 Å². The minimum absolute atomic E-state index is 0.0575. The van der Waals surface area contributed by atoms with Gasteiger partial charge in [0.05, 0.1) is 19.0 Å². The molecule has 3 aromatic rings. The number of nitrogens with zero attached hydrogens (tertiary/aromatic N) is 2. The molecule has 0 atom stereocenters. The van der Waals surface area contributed by atoms with Crippen LogP contribution in [-0.4, -0.2) is 22.4 Å². The number of carbonyl (C=O) groups excluding carboxylic acids is 1. The number of ether oxygens (including phenoxy) is 1. The lowest BCUT2D eigenvalue weighted by Crippen LogP contribution is -2.20. The molecule has 0 aliphatic carbocycles. The Morgan fingerprint density at radius 3 is 2.70 bits per heavy atom. The number of Topliss-reactive ketones (excluding diaryl/α,β-unsaturated/α-hetero) is 1. The van der Waals surface area contributed by atoms with Crippen LogP contribution in [0.4, 0.5) is 0 Å². The lowest BCUT2D eigenvalue weighted by molar-refractivity contribution is -0.117. The average molecular weight is 328 g/mol. The highest BCUT2D eigenvalue weighted by Crippen LogP contribution is 2.31. The van der Waals surface area contributed by atoms with Gasteiger partial charge in [0, 0.05) is 17.8 Å². The highest BCUT2D eigenvalue weighted by atomic mass is 32.1. The smallest absolute Gasteiger partial charge is 0.271 e. The SMILES string of the molecule is COc1ccc(-c2cc3ncn(CCC(C)=O)c(=O)c3s2)cc1. The van der Waals surface area contributed by atoms with Crippen molar-refractivity contribution in [1.82, 2.24) is 9.55 Å². The van der Waals surface area contributed by atoms with E-state index in [2.05, 4.69) is 4.98 Å². The molecule has 0 aliphatic heterocycles. The van der Waals surface area contributed by atoms with Crippen molar-refractivity contribution in [3.63, 3.8) is 0 Å². The standard InChI is InChI=1S/C17H16N2O3S/c1-11(20)7-8-19-10-18-14-9-15(23-16(14)17(19)21)12-3-5-13(22-2)6-4-12/h3-6,9-10H,7-8H2,1-2H3. The Morgan fingerprint density at radius 2 is 2.04 bits per heavy atom. The summed E-state index contributed by atoms with van der Waals surface area (Å²) >= 11 is 1.42. The number of aromatic nitrogens is 2. The van der Waals surface area contributed by atoms with E-state index in [1.165, 1.54) is 29.2 Å². The van der Waals surface area contributed by atoms with Gasteiger partial charge < -0.3 is 4.74 Å². The van der Waals surface area contributed by atoms with Crippen LogP contribution in [0.3, 0.4) is 0 Å². The Bertz CT molecular complexity index is 910. The van der Waals surface area contributed by atoms with E-state index in [1.54, 1.807) is 7.11 Å². The molecule has 0 fully saturated rings. The van der Waals surface area contributed by atoms with Gasteiger partial charge in [-0.15, -0.1) is 11.3 Å². The van der Waals surface area contributed by atoms with Gasteiger partial charge in [0.15, 0.2) is 0 Å². The van der Waals surface area contributed by atoms with Crippen LogP contribution in [0.5, 0.6) is 5.75 Å². The molecule has 0 bridgehead atoms. The second kappa shape index (κ2) is 6.34. The van der Waals surface area contributed by atoms with Crippen molar-refractivity contribution >= 4 is 27.3 Å². The van der Waals surface area contributed by atoms with E-state index in [0.29, 0.717) is 23.2 Å². The zero-order valence-electron chi connectivity index (χ0n) is 12.9. The fourth-order valence-electron chi connectivity index (χ4n) is 2.28. The third-order valence-electron chi connectivity index (χ3n) is 3.58. The third-order valence-corrected chi connectivity index (χ3v) is 4.74. The number of hydrogen-bond donors (Lipinski definition) is 0. The number of carbonyl (C=O) groups is 1. The molecule has 2 heterocycles. The summed E-state index contributed by atoms with van der Waals surface area (Å²) in [6.07, 6.45) is 1.85. The molecular weight excluding hydrogens is 312 g/mol. The molecule has 0 spiro atoms. The largest absolute Gasteiger partial charge is 0.497 e. The molecule has 0 unspecified atom stereocenters. The van der Waals surface area contributed by atoms with E-state index in [4.69, 9.17) is 4.74 Å². The maximum Gasteiger partial charge on any atom is 0.271 e. The molecule has 6 heteroatoms. The number of fused-ring (bicyclic) bond motifs is 1. The first-order valence-corrected chi connectivity index (χ1v) is 8.03. The summed E-state index contributed by atoms with van der Waals surface area (Å²) < 4.78 is 7.27. The highest BCUT2D eigenvalue weighted by molar-refractivity contribution is 7.22. The topological polar surface area (TPSA) is 61.2 Å². The number of rotatable bonds is 5. The van der Waals surface area contributed by atoms with E-state index in [9.17, 15) is 9.59 Å². The lowest BCUT2D eigenvalue weighted by Gasteiger charge is -2.02. The fraction of sp³-hybridized carbons (Fsp3) is 0.235. The van der Waals surface area contributed by atoms with Crippen LogP contribution in [0.2, 0.25) is 0 Å². The number of hydrogen-bond acceptors (Lipinski definition) is 5. The van der Waals surface area contributed by atoms with Crippen LogP contribution in [0.15, 0.2) is 41.5 Å². The first-order valence-electron chi connectivity index (χ1n) is 7.21. The van der Waals surface area contributed by atoms with Crippen LogP contribution < -0.4 is 10.3 Å². The van der Waals surface area contributed by atoms with Gasteiger partial charge in [-0.25, -0.2) is 4.98 Å².